The van der Waals surface area contributed by atoms with E-state index < -0.39 is 25.8 Å². The number of piperazine rings is 1. The Balaban J connectivity index is 1.35. The molecule has 51 heavy (non-hydrogen) atoms. The lowest BCUT2D eigenvalue weighted by atomic mass is 10.0. The predicted octanol–water partition coefficient (Wildman–Crippen LogP) is 7.61. The molecular weight excluding hydrogens is 762 g/mol. The molecule has 0 bridgehead atoms. The summed E-state index contributed by atoms with van der Waals surface area (Å²) in [5, 5.41) is 12.6. The summed E-state index contributed by atoms with van der Waals surface area (Å²) in [7, 11) is -1.36. The highest BCUT2D eigenvalue weighted by atomic mass is 79.9. The molecule has 18 heteroatoms. The minimum atomic E-state index is -5.00. The molecule has 0 aliphatic carbocycles. The summed E-state index contributed by atoms with van der Waals surface area (Å²) in [5.74, 6) is -1.15. The van der Waals surface area contributed by atoms with Gasteiger partial charge in [-0.15, -0.1) is 0 Å². The summed E-state index contributed by atoms with van der Waals surface area (Å²) in [6.45, 7) is 0.155. The molecule has 0 spiro atoms. The average Bonchev–Trinajstić information content (AvgIpc) is 3.59. The number of nitrogens with one attached hydrogen (secondary N) is 2. The number of aromatic nitrogens is 4. The number of anilines is 5. The zero-order valence-corrected chi connectivity index (χ0v) is 29.9. The first-order chi connectivity index (χ1) is 24.1. The van der Waals surface area contributed by atoms with Crippen molar-refractivity contribution in [2.75, 3.05) is 62.2 Å². The van der Waals surface area contributed by atoms with Crippen molar-refractivity contribution in [3.63, 3.8) is 0 Å². The van der Waals surface area contributed by atoms with Crippen LogP contribution in [0.4, 0.5) is 50.8 Å². The minimum Gasteiger partial charge on any atom is -0.494 e. The minimum absolute atomic E-state index is 0.0395. The van der Waals surface area contributed by atoms with Gasteiger partial charge in [0.25, 0.3) is 0 Å². The number of rotatable bonds is 9. The molecule has 0 unspecified atom stereocenters. The first-order valence-corrected chi connectivity index (χ1v) is 18.8. The zero-order chi connectivity index (χ0) is 36.7. The van der Waals surface area contributed by atoms with Crippen molar-refractivity contribution in [3.8, 4) is 16.9 Å². The monoisotopic (exact) mass is 792 g/mol. The van der Waals surface area contributed by atoms with Gasteiger partial charge in [-0.25, -0.2) is 9.67 Å². The summed E-state index contributed by atoms with van der Waals surface area (Å²) in [5.41, 5.74) is 2.13. The lowest BCUT2D eigenvalue weighted by Crippen LogP contribution is -2.52. The second kappa shape index (κ2) is 14.1. The number of nitrogens with zero attached hydrogens (tertiary/aromatic N) is 6. The van der Waals surface area contributed by atoms with Gasteiger partial charge >= 0.3 is 18.6 Å². The van der Waals surface area contributed by atoms with Crippen molar-refractivity contribution in [2.24, 2.45) is 0 Å². The summed E-state index contributed by atoms with van der Waals surface area (Å²) >= 11 is 3.49. The topological polar surface area (TPSA) is 118 Å². The van der Waals surface area contributed by atoms with Gasteiger partial charge in [0, 0.05) is 66.8 Å². The van der Waals surface area contributed by atoms with Crippen molar-refractivity contribution in [1.29, 1.82) is 0 Å². The highest BCUT2D eigenvalue weighted by Gasteiger charge is 2.43. The molecule has 2 aromatic heterocycles. The summed E-state index contributed by atoms with van der Waals surface area (Å²) < 4.78 is 86.5. The summed E-state index contributed by atoms with van der Waals surface area (Å²) in [6.07, 6.45) is -1.07. The molecule has 11 nitrogen and oxygen atoms in total. The molecule has 2 N–H and O–H groups in total. The molecule has 3 aromatic carbocycles. The predicted molar refractivity (Wildman–Crippen MR) is 190 cm³/mol. The first-order valence-electron chi connectivity index (χ1n) is 15.4. The number of fused-ring (bicyclic) bond motifs is 1. The lowest BCUT2D eigenvalue weighted by molar-refractivity contribution is -0.185. The van der Waals surface area contributed by atoms with Gasteiger partial charge in [0.2, 0.25) is 5.95 Å². The molecule has 1 fully saturated rings. The van der Waals surface area contributed by atoms with Gasteiger partial charge < -0.3 is 29.7 Å². The van der Waals surface area contributed by atoms with Crippen LogP contribution in [0, 0.1) is 0 Å². The highest BCUT2D eigenvalue weighted by molar-refractivity contribution is 9.10. The van der Waals surface area contributed by atoms with Crippen LogP contribution in [0.5, 0.6) is 5.75 Å². The summed E-state index contributed by atoms with van der Waals surface area (Å²) in [6, 6.07) is 14.7. The average molecular weight is 794 g/mol. The highest BCUT2D eigenvalue weighted by Crippen LogP contribution is 2.43. The molecule has 268 valence electrons. The Labute approximate surface area is 297 Å². The fourth-order valence-corrected chi connectivity index (χ4v) is 7.73. The number of ether oxygens (including phenoxy) is 1. The van der Waals surface area contributed by atoms with Crippen LogP contribution < -0.4 is 25.6 Å². The molecule has 6 rings (SSSR count). The first kappa shape index (κ1) is 36.0. The van der Waals surface area contributed by atoms with E-state index in [0.717, 1.165) is 21.9 Å². The molecule has 3 heterocycles. The van der Waals surface area contributed by atoms with Gasteiger partial charge in [-0.2, -0.15) is 32.0 Å². The van der Waals surface area contributed by atoms with Crippen molar-refractivity contribution in [3.05, 3.63) is 71.6 Å². The Kier molecular flexibility index (Phi) is 9.97. The number of benzene rings is 3. The van der Waals surface area contributed by atoms with E-state index in [1.165, 1.54) is 19.5 Å². The molecule has 1 aliphatic heterocycles. The quantitative estimate of drug-likeness (QED) is 0.115. The number of halogens is 6. The van der Waals surface area contributed by atoms with Crippen LogP contribution in [0.3, 0.4) is 0 Å². The second-order valence-corrected chi connectivity index (χ2v) is 16.0. The van der Waals surface area contributed by atoms with E-state index in [2.05, 4.69) is 41.6 Å². The van der Waals surface area contributed by atoms with Gasteiger partial charge in [-0.1, -0.05) is 30.3 Å². The van der Waals surface area contributed by atoms with Crippen molar-refractivity contribution >= 4 is 73.9 Å². The Morgan fingerprint density at radius 2 is 1.73 bits per heavy atom. The third-order valence-corrected chi connectivity index (χ3v) is 10.4. The Hall–Kier alpha value is -4.76. The van der Waals surface area contributed by atoms with E-state index in [1.54, 1.807) is 30.4 Å². The maximum atomic E-state index is 13.5. The Morgan fingerprint density at radius 3 is 2.37 bits per heavy atom. The SMILES string of the molecule is COc1cc(N2CCN(C(=O)C(F)(F)F)CC2)c(-c2cnn(C(F)F)c2)cc1Nc1ncc(Br)c(Nc2ccc3ccccc3c2P(C)(C)=O)n1. The van der Waals surface area contributed by atoms with Crippen molar-refractivity contribution < 1.29 is 36.0 Å². The van der Waals surface area contributed by atoms with E-state index >= 15 is 0 Å². The fourth-order valence-electron chi connectivity index (χ4n) is 5.94. The Morgan fingerprint density at radius 1 is 1.00 bits per heavy atom. The third kappa shape index (κ3) is 7.64. The van der Waals surface area contributed by atoms with Crippen LogP contribution in [-0.2, 0) is 9.36 Å². The van der Waals surface area contributed by atoms with Crippen LogP contribution in [-0.4, -0.2) is 83.4 Å². The standard InChI is InChI=1S/C33H31BrF5N8O3P/c1-50-27-15-26(45-10-12-46(13-11-45)30(48)33(37,38)39)22(20-16-41-47(18-20)31(35)36)14-25(27)43-32-40-17-23(34)29(44-32)42-24-9-8-19-6-4-5-7-21(19)28(24)51(2,3)49/h4-9,14-18,31H,10-13H2,1-3H3,(H2,40,42,43,44). The maximum Gasteiger partial charge on any atom is 0.471 e. The normalized spacial score (nSPS) is 13.9. The number of methoxy groups -OCH3 is 1. The Bertz CT molecular complexity index is 2150. The van der Waals surface area contributed by atoms with Crippen molar-refractivity contribution in [1.82, 2.24) is 24.6 Å². The second-order valence-electron chi connectivity index (χ2n) is 12.0. The van der Waals surface area contributed by atoms with Gasteiger partial charge in [-0.3, -0.25) is 4.79 Å². The number of carbonyl (C=O) groups excluding carboxylic acids is 1. The van der Waals surface area contributed by atoms with Gasteiger partial charge in [0.1, 0.15) is 18.7 Å². The maximum absolute atomic E-state index is 13.5. The largest absolute Gasteiger partial charge is 0.494 e. The number of hydrogen-bond acceptors (Lipinski definition) is 9. The third-order valence-electron chi connectivity index (χ3n) is 8.26. The molecule has 1 amide bonds. The smallest absolute Gasteiger partial charge is 0.471 e. The van der Waals surface area contributed by atoms with Crippen LogP contribution in [0.15, 0.2) is 71.6 Å². The van der Waals surface area contributed by atoms with E-state index in [9.17, 15) is 31.3 Å². The molecular formula is C33H31BrF5N8O3P. The van der Waals surface area contributed by atoms with E-state index in [0.29, 0.717) is 54.2 Å². The molecule has 0 atom stereocenters. The summed E-state index contributed by atoms with van der Waals surface area (Å²) in [4.78, 5) is 23.4. The van der Waals surface area contributed by atoms with Gasteiger partial charge in [0.15, 0.2) is 0 Å². The number of hydrogen-bond donors (Lipinski definition) is 2. The van der Waals surface area contributed by atoms with Crippen LogP contribution >= 0.6 is 23.1 Å². The molecule has 1 aliphatic rings. The van der Waals surface area contributed by atoms with Gasteiger partial charge in [-0.05, 0) is 52.2 Å². The van der Waals surface area contributed by atoms with E-state index in [-0.39, 0.29) is 32.1 Å². The van der Waals surface area contributed by atoms with Gasteiger partial charge in [0.05, 0.1) is 29.2 Å². The molecule has 0 saturated carbocycles. The van der Waals surface area contributed by atoms with E-state index in [1.807, 2.05) is 36.4 Å². The zero-order valence-electron chi connectivity index (χ0n) is 27.4. The van der Waals surface area contributed by atoms with Crippen molar-refractivity contribution in [2.45, 2.75) is 12.7 Å². The van der Waals surface area contributed by atoms with Crippen LogP contribution in [0.2, 0.25) is 0 Å². The van der Waals surface area contributed by atoms with Crippen LogP contribution in [0.1, 0.15) is 6.55 Å². The number of amides is 1. The molecule has 5 aromatic rings. The molecule has 0 radical (unpaired) electrons. The van der Waals surface area contributed by atoms with E-state index in [4.69, 9.17) is 4.74 Å². The molecule has 1 saturated heterocycles. The fraction of sp³-hybridized carbons (Fsp3) is 0.273. The van der Waals surface area contributed by atoms with Crippen LogP contribution in [0.25, 0.3) is 21.9 Å². The number of carbonyl (C=O) groups is 1. The number of alkyl halides is 5. The lowest BCUT2D eigenvalue weighted by Gasteiger charge is -2.37.